The molecule has 0 aliphatic heterocycles. The fourth-order valence-corrected chi connectivity index (χ4v) is 2.07. The van der Waals surface area contributed by atoms with E-state index in [1.807, 2.05) is 17.7 Å². The number of fused-ring (bicyclic) bond motifs is 1. The molecule has 0 aliphatic carbocycles. The summed E-state index contributed by atoms with van der Waals surface area (Å²) in [5.41, 5.74) is 1.82. The number of imidazole rings is 1. The average Bonchev–Trinajstić information content (AvgIpc) is 2.44. The van der Waals surface area contributed by atoms with Crippen LogP contribution in [0.3, 0.4) is 0 Å². The lowest BCUT2D eigenvalue weighted by atomic mass is 9.96. The van der Waals surface area contributed by atoms with Crippen molar-refractivity contribution in [1.82, 2.24) is 14.5 Å². The summed E-state index contributed by atoms with van der Waals surface area (Å²) in [5, 5.41) is 0.512. The Morgan fingerprint density at radius 1 is 1.33 bits per heavy atom. The van der Waals surface area contributed by atoms with E-state index in [9.17, 15) is 0 Å². The van der Waals surface area contributed by atoms with Gasteiger partial charge in [-0.3, -0.25) is 0 Å². The van der Waals surface area contributed by atoms with Crippen molar-refractivity contribution in [2.75, 3.05) is 0 Å². The van der Waals surface area contributed by atoms with Gasteiger partial charge in [0.15, 0.2) is 5.15 Å². The van der Waals surface area contributed by atoms with E-state index in [0.717, 1.165) is 16.9 Å². The SMILES string of the molecule is Cn1c(C(C)(C)C)nc2ccnc(Cl)c21. The lowest BCUT2D eigenvalue weighted by Crippen LogP contribution is -2.17. The van der Waals surface area contributed by atoms with Crippen molar-refractivity contribution in [3.63, 3.8) is 0 Å². The Morgan fingerprint density at radius 2 is 2.00 bits per heavy atom. The normalized spacial score (nSPS) is 12.3. The van der Waals surface area contributed by atoms with Gasteiger partial charge >= 0.3 is 0 Å². The molecule has 0 atom stereocenters. The first-order valence-electron chi connectivity index (χ1n) is 4.88. The molecule has 80 valence electrons. The van der Waals surface area contributed by atoms with Gasteiger partial charge in [0, 0.05) is 18.7 Å². The zero-order valence-electron chi connectivity index (χ0n) is 9.37. The highest BCUT2D eigenvalue weighted by atomic mass is 35.5. The van der Waals surface area contributed by atoms with Crippen LogP contribution in [0.5, 0.6) is 0 Å². The zero-order valence-corrected chi connectivity index (χ0v) is 10.1. The minimum atomic E-state index is 0.0110. The Bertz CT molecular complexity index is 508. The Kier molecular flexibility index (Phi) is 2.23. The summed E-state index contributed by atoms with van der Waals surface area (Å²) in [5.74, 6) is 1.02. The molecule has 2 rings (SSSR count). The van der Waals surface area contributed by atoms with Crippen molar-refractivity contribution in [3.8, 4) is 0 Å². The Hall–Kier alpha value is -1.09. The highest BCUT2D eigenvalue weighted by molar-refractivity contribution is 6.33. The van der Waals surface area contributed by atoms with Crippen molar-refractivity contribution >= 4 is 22.6 Å². The topological polar surface area (TPSA) is 30.7 Å². The van der Waals surface area contributed by atoms with E-state index in [0.29, 0.717) is 5.15 Å². The summed E-state index contributed by atoms with van der Waals surface area (Å²) < 4.78 is 2.02. The molecule has 4 heteroatoms. The average molecular weight is 224 g/mol. The summed E-state index contributed by atoms with van der Waals surface area (Å²) in [6, 6.07) is 1.89. The number of aryl methyl sites for hydroxylation is 1. The molecule has 15 heavy (non-hydrogen) atoms. The van der Waals surface area contributed by atoms with Crippen LogP contribution < -0.4 is 0 Å². The molecule has 0 N–H and O–H groups in total. The molecule has 0 saturated carbocycles. The molecular formula is C11H14ClN3. The zero-order chi connectivity index (χ0) is 11.2. The Labute approximate surface area is 94.1 Å². The first kappa shape index (κ1) is 10.4. The number of aromatic nitrogens is 3. The smallest absolute Gasteiger partial charge is 0.154 e. The number of hydrogen-bond acceptors (Lipinski definition) is 2. The van der Waals surface area contributed by atoms with E-state index in [1.165, 1.54) is 0 Å². The number of pyridine rings is 1. The van der Waals surface area contributed by atoms with Gasteiger partial charge in [-0.25, -0.2) is 9.97 Å². The predicted molar refractivity (Wildman–Crippen MR) is 62.2 cm³/mol. The molecular weight excluding hydrogens is 210 g/mol. The molecule has 0 radical (unpaired) electrons. The van der Waals surface area contributed by atoms with E-state index < -0.39 is 0 Å². The standard InChI is InChI=1S/C11H14ClN3/c1-11(2,3)10-14-7-5-6-13-9(12)8(7)15(10)4/h5-6H,1-4H3. The summed E-state index contributed by atoms with van der Waals surface area (Å²) in [7, 11) is 1.98. The summed E-state index contributed by atoms with van der Waals surface area (Å²) in [4.78, 5) is 8.65. The monoisotopic (exact) mass is 223 g/mol. The quantitative estimate of drug-likeness (QED) is 0.643. The largest absolute Gasteiger partial charge is 0.328 e. The molecule has 2 heterocycles. The molecule has 0 saturated heterocycles. The Balaban J connectivity index is 2.82. The van der Waals surface area contributed by atoms with Crippen molar-refractivity contribution in [3.05, 3.63) is 23.2 Å². The molecule has 0 fully saturated rings. The lowest BCUT2D eigenvalue weighted by Gasteiger charge is -2.17. The van der Waals surface area contributed by atoms with Gasteiger partial charge in [-0.2, -0.15) is 0 Å². The maximum Gasteiger partial charge on any atom is 0.154 e. The van der Waals surface area contributed by atoms with E-state index in [1.54, 1.807) is 6.20 Å². The van der Waals surface area contributed by atoms with Crippen LogP contribution in [0.4, 0.5) is 0 Å². The number of nitrogens with zero attached hydrogens (tertiary/aromatic N) is 3. The van der Waals surface area contributed by atoms with Gasteiger partial charge in [0.2, 0.25) is 0 Å². The van der Waals surface area contributed by atoms with Gasteiger partial charge in [0.25, 0.3) is 0 Å². The minimum absolute atomic E-state index is 0.0110. The number of halogens is 1. The Morgan fingerprint density at radius 3 is 2.53 bits per heavy atom. The van der Waals surface area contributed by atoms with Crippen molar-refractivity contribution in [2.45, 2.75) is 26.2 Å². The van der Waals surface area contributed by atoms with Crippen LogP contribution >= 0.6 is 11.6 Å². The highest BCUT2D eigenvalue weighted by Gasteiger charge is 2.22. The number of rotatable bonds is 0. The second kappa shape index (κ2) is 3.20. The maximum atomic E-state index is 6.05. The van der Waals surface area contributed by atoms with E-state index in [-0.39, 0.29) is 5.41 Å². The van der Waals surface area contributed by atoms with Crippen LogP contribution in [0.25, 0.3) is 11.0 Å². The van der Waals surface area contributed by atoms with Crippen LogP contribution in [0.1, 0.15) is 26.6 Å². The molecule has 0 spiro atoms. The van der Waals surface area contributed by atoms with E-state index >= 15 is 0 Å². The third-order valence-corrected chi connectivity index (χ3v) is 2.69. The van der Waals surface area contributed by atoms with Gasteiger partial charge in [-0.15, -0.1) is 0 Å². The maximum absolute atomic E-state index is 6.05. The second-order valence-electron chi connectivity index (χ2n) is 4.71. The third kappa shape index (κ3) is 1.61. The van der Waals surface area contributed by atoms with Gasteiger partial charge in [0.05, 0.1) is 5.52 Å². The first-order valence-corrected chi connectivity index (χ1v) is 5.26. The molecule has 2 aromatic rings. The second-order valence-corrected chi connectivity index (χ2v) is 5.07. The van der Waals surface area contributed by atoms with Crippen molar-refractivity contribution < 1.29 is 0 Å². The highest BCUT2D eigenvalue weighted by Crippen LogP contribution is 2.27. The van der Waals surface area contributed by atoms with Crippen LogP contribution in [-0.2, 0) is 12.5 Å². The van der Waals surface area contributed by atoms with Crippen molar-refractivity contribution in [1.29, 1.82) is 0 Å². The van der Waals surface area contributed by atoms with Crippen molar-refractivity contribution in [2.24, 2.45) is 7.05 Å². The van der Waals surface area contributed by atoms with Gasteiger partial charge in [0.1, 0.15) is 11.3 Å². The molecule has 0 unspecified atom stereocenters. The predicted octanol–water partition coefficient (Wildman–Crippen LogP) is 2.92. The van der Waals surface area contributed by atoms with Crippen LogP contribution in [0, 0.1) is 0 Å². The first-order chi connectivity index (χ1) is 6.91. The lowest BCUT2D eigenvalue weighted by molar-refractivity contribution is 0.526. The van der Waals surface area contributed by atoms with Crippen LogP contribution in [0.2, 0.25) is 5.15 Å². The molecule has 0 aliphatic rings. The van der Waals surface area contributed by atoms with Gasteiger partial charge < -0.3 is 4.57 Å². The van der Waals surface area contributed by atoms with E-state index in [2.05, 4.69) is 30.7 Å². The van der Waals surface area contributed by atoms with Gasteiger partial charge in [-0.1, -0.05) is 32.4 Å². The fraction of sp³-hybridized carbons (Fsp3) is 0.455. The third-order valence-electron chi connectivity index (χ3n) is 2.41. The van der Waals surface area contributed by atoms with Crippen LogP contribution in [-0.4, -0.2) is 14.5 Å². The molecule has 0 bridgehead atoms. The molecule has 2 aromatic heterocycles. The molecule has 0 aromatic carbocycles. The van der Waals surface area contributed by atoms with E-state index in [4.69, 9.17) is 11.6 Å². The fourth-order valence-electron chi connectivity index (χ4n) is 1.79. The van der Waals surface area contributed by atoms with Crippen LogP contribution in [0.15, 0.2) is 12.3 Å². The van der Waals surface area contributed by atoms with Gasteiger partial charge in [-0.05, 0) is 6.07 Å². The summed E-state index contributed by atoms with van der Waals surface area (Å²) in [6.45, 7) is 6.40. The summed E-state index contributed by atoms with van der Waals surface area (Å²) >= 11 is 6.05. The summed E-state index contributed by atoms with van der Waals surface area (Å²) in [6.07, 6.45) is 1.68. The molecule has 3 nitrogen and oxygen atoms in total. The molecule has 0 amide bonds. The minimum Gasteiger partial charge on any atom is -0.328 e. The number of hydrogen-bond donors (Lipinski definition) is 0.